The molecule has 1 saturated heterocycles. The van der Waals surface area contributed by atoms with Gasteiger partial charge in [0.1, 0.15) is 0 Å². The van der Waals surface area contributed by atoms with Crippen molar-refractivity contribution in [3.05, 3.63) is 35.9 Å². The molecule has 1 aliphatic heterocycles. The number of cyclic esters (lactones) is 1. The van der Waals surface area contributed by atoms with Crippen molar-refractivity contribution in [2.75, 3.05) is 48.1 Å². The van der Waals surface area contributed by atoms with Gasteiger partial charge >= 0.3 is 5.97 Å². The molecule has 2 rings (SSSR count). The third-order valence-corrected chi connectivity index (χ3v) is 4.38. The summed E-state index contributed by atoms with van der Waals surface area (Å²) in [6, 6.07) is 9.97. The van der Waals surface area contributed by atoms with Crippen molar-refractivity contribution in [3.8, 4) is 0 Å². The van der Waals surface area contributed by atoms with Crippen LogP contribution in [0.25, 0.3) is 0 Å². The predicted molar refractivity (Wildman–Crippen MR) is 121 cm³/mol. The normalized spacial score (nSPS) is 12.0. The first-order valence-corrected chi connectivity index (χ1v) is 10.8. The van der Waals surface area contributed by atoms with E-state index < -0.39 is 0 Å². The molecule has 1 aromatic carbocycles. The molecule has 0 spiro atoms. The number of amides is 2. The lowest BCUT2D eigenvalue weighted by Crippen LogP contribution is -2.25. The van der Waals surface area contributed by atoms with Crippen LogP contribution in [0.5, 0.6) is 0 Å². The second kappa shape index (κ2) is 20.1. The summed E-state index contributed by atoms with van der Waals surface area (Å²) >= 11 is 0. The SMILES string of the molecule is CON(C)C(=O)CCCO.CON(C)C(=O)CCCOCc1ccccc1.O=C1CCCO1. The van der Waals surface area contributed by atoms with E-state index in [1.54, 1.807) is 14.1 Å². The summed E-state index contributed by atoms with van der Waals surface area (Å²) in [4.78, 5) is 41.6. The number of hydrogen-bond donors (Lipinski definition) is 1. The molecule has 0 unspecified atom stereocenters. The van der Waals surface area contributed by atoms with Gasteiger partial charge in [-0.3, -0.25) is 24.1 Å². The minimum absolute atomic E-state index is 0.0317. The molecule has 0 aromatic heterocycles. The Balaban J connectivity index is 0.000000536. The van der Waals surface area contributed by atoms with Gasteiger partial charge in [0, 0.05) is 46.6 Å². The molecule has 1 fully saturated rings. The molecule has 0 atom stereocenters. The first kappa shape index (κ1) is 30.5. The molecule has 0 saturated carbocycles. The Hall–Kier alpha value is -2.53. The van der Waals surface area contributed by atoms with Crippen LogP contribution in [0.4, 0.5) is 0 Å². The maximum atomic E-state index is 11.4. The van der Waals surface area contributed by atoms with Crippen LogP contribution in [0.1, 0.15) is 44.1 Å². The molecule has 33 heavy (non-hydrogen) atoms. The van der Waals surface area contributed by atoms with E-state index in [1.165, 1.54) is 19.3 Å². The molecule has 1 N–H and O–H groups in total. The lowest BCUT2D eigenvalue weighted by molar-refractivity contribution is -0.169. The molecule has 1 heterocycles. The number of hydrogen-bond acceptors (Lipinski definition) is 8. The largest absolute Gasteiger partial charge is 0.466 e. The molecule has 0 aliphatic carbocycles. The van der Waals surface area contributed by atoms with E-state index in [1.807, 2.05) is 30.3 Å². The average molecular weight is 471 g/mol. The molecule has 1 aromatic rings. The van der Waals surface area contributed by atoms with E-state index in [9.17, 15) is 14.4 Å². The fraction of sp³-hybridized carbons (Fsp3) is 0.609. The van der Waals surface area contributed by atoms with Gasteiger partial charge in [0.2, 0.25) is 11.8 Å². The summed E-state index contributed by atoms with van der Waals surface area (Å²) in [5, 5.41) is 10.7. The quantitative estimate of drug-likeness (QED) is 0.297. The highest BCUT2D eigenvalue weighted by atomic mass is 16.7. The number of rotatable bonds is 11. The summed E-state index contributed by atoms with van der Waals surface area (Å²) in [5.74, 6) is -0.192. The van der Waals surface area contributed by atoms with Gasteiger partial charge in [-0.15, -0.1) is 0 Å². The summed E-state index contributed by atoms with van der Waals surface area (Å²) < 4.78 is 9.99. The number of esters is 1. The van der Waals surface area contributed by atoms with Crippen LogP contribution in [0, 0.1) is 0 Å². The highest BCUT2D eigenvalue weighted by Gasteiger charge is 2.08. The van der Waals surface area contributed by atoms with Crippen molar-refractivity contribution in [1.29, 1.82) is 0 Å². The molecule has 2 amide bonds. The van der Waals surface area contributed by atoms with Crippen LogP contribution in [0.15, 0.2) is 30.3 Å². The zero-order valence-electron chi connectivity index (χ0n) is 20.2. The molecule has 188 valence electrons. The number of carbonyl (C=O) groups is 3. The van der Waals surface area contributed by atoms with Crippen LogP contribution < -0.4 is 0 Å². The molecule has 0 bridgehead atoms. The Morgan fingerprint density at radius 3 is 2.00 bits per heavy atom. The van der Waals surface area contributed by atoms with Crippen molar-refractivity contribution in [3.63, 3.8) is 0 Å². The summed E-state index contributed by atoms with van der Waals surface area (Å²) in [5.41, 5.74) is 1.15. The summed E-state index contributed by atoms with van der Waals surface area (Å²) in [7, 11) is 6.05. The number of hydroxylamine groups is 4. The fourth-order valence-electron chi connectivity index (χ4n) is 2.31. The lowest BCUT2D eigenvalue weighted by atomic mass is 10.2. The van der Waals surface area contributed by atoms with Gasteiger partial charge in [0.25, 0.3) is 0 Å². The molecular weight excluding hydrogens is 432 g/mol. The number of aliphatic hydroxyl groups is 1. The van der Waals surface area contributed by atoms with Gasteiger partial charge in [0.15, 0.2) is 0 Å². The highest BCUT2D eigenvalue weighted by Crippen LogP contribution is 2.03. The zero-order chi connectivity index (χ0) is 24.9. The van der Waals surface area contributed by atoms with E-state index >= 15 is 0 Å². The first-order chi connectivity index (χ1) is 15.8. The number of aliphatic hydroxyl groups excluding tert-OH is 1. The number of ether oxygens (including phenoxy) is 2. The highest BCUT2D eigenvalue weighted by molar-refractivity contribution is 5.75. The third kappa shape index (κ3) is 16.7. The Kier molecular flexibility index (Phi) is 18.6. The Labute approximate surface area is 196 Å². The van der Waals surface area contributed by atoms with Crippen LogP contribution in [0.2, 0.25) is 0 Å². The first-order valence-electron chi connectivity index (χ1n) is 10.8. The second-order valence-electron chi connectivity index (χ2n) is 6.94. The van der Waals surface area contributed by atoms with Gasteiger partial charge < -0.3 is 14.6 Å². The van der Waals surface area contributed by atoms with E-state index in [0.29, 0.717) is 51.9 Å². The van der Waals surface area contributed by atoms with Crippen molar-refractivity contribution in [2.24, 2.45) is 0 Å². The smallest absolute Gasteiger partial charge is 0.305 e. The van der Waals surface area contributed by atoms with Crippen molar-refractivity contribution >= 4 is 17.8 Å². The number of carbonyl (C=O) groups excluding carboxylic acids is 3. The maximum Gasteiger partial charge on any atom is 0.305 e. The number of benzene rings is 1. The van der Waals surface area contributed by atoms with Crippen LogP contribution in [-0.2, 0) is 40.1 Å². The topological polar surface area (TPSA) is 115 Å². The van der Waals surface area contributed by atoms with E-state index in [2.05, 4.69) is 9.57 Å². The summed E-state index contributed by atoms with van der Waals surface area (Å²) in [6.45, 7) is 1.86. The van der Waals surface area contributed by atoms with Crippen LogP contribution >= 0.6 is 0 Å². The fourth-order valence-corrected chi connectivity index (χ4v) is 2.31. The molecule has 10 nitrogen and oxygen atoms in total. The van der Waals surface area contributed by atoms with Gasteiger partial charge in [-0.25, -0.2) is 10.1 Å². The van der Waals surface area contributed by atoms with E-state index in [0.717, 1.165) is 17.0 Å². The second-order valence-corrected chi connectivity index (χ2v) is 6.94. The maximum absolute atomic E-state index is 11.4. The Bertz CT molecular complexity index is 649. The average Bonchev–Trinajstić information content (AvgIpc) is 3.33. The van der Waals surface area contributed by atoms with Gasteiger partial charge in [-0.1, -0.05) is 30.3 Å². The van der Waals surface area contributed by atoms with Crippen molar-refractivity contribution < 1.29 is 38.6 Å². The van der Waals surface area contributed by atoms with Gasteiger partial charge in [0.05, 0.1) is 27.4 Å². The predicted octanol–water partition coefficient (Wildman–Crippen LogP) is 2.11. The van der Waals surface area contributed by atoms with Crippen molar-refractivity contribution in [2.45, 2.75) is 45.1 Å². The summed E-state index contributed by atoms with van der Waals surface area (Å²) in [6.07, 6.45) is 3.52. The van der Waals surface area contributed by atoms with Crippen molar-refractivity contribution in [1.82, 2.24) is 10.1 Å². The lowest BCUT2D eigenvalue weighted by Gasteiger charge is -2.13. The van der Waals surface area contributed by atoms with E-state index in [4.69, 9.17) is 14.7 Å². The molecule has 1 aliphatic rings. The Morgan fingerprint density at radius 2 is 1.58 bits per heavy atom. The minimum atomic E-state index is -0.114. The van der Waals surface area contributed by atoms with Crippen LogP contribution in [0.3, 0.4) is 0 Å². The third-order valence-electron chi connectivity index (χ3n) is 4.38. The Morgan fingerprint density at radius 1 is 1.00 bits per heavy atom. The molecule has 0 radical (unpaired) electrons. The monoisotopic (exact) mass is 470 g/mol. The molecular formula is C23H38N2O8. The standard InChI is InChI=1S/C13H19NO3.C6H13NO3.C4H6O2/c1-14(16-2)13(15)9-6-10-17-11-12-7-4-3-5-8-12;1-7(10-2)6(9)4-3-5-8;5-4-2-1-3-6-4/h3-5,7-8H,6,9-11H2,1-2H3;8H,3-5H2,1-2H3;1-3H2. The minimum Gasteiger partial charge on any atom is -0.466 e. The van der Waals surface area contributed by atoms with Gasteiger partial charge in [-0.05, 0) is 24.8 Å². The molecule has 10 heteroatoms. The van der Waals surface area contributed by atoms with Crippen LogP contribution in [-0.4, -0.2) is 81.2 Å². The zero-order valence-corrected chi connectivity index (χ0v) is 20.2. The van der Waals surface area contributed by atoms with E-state index in [-0.39, 0.29) is 24.4 Å². The number of nitrogens with zero attached hydrogens (tertiary/aromatic N) is 2. The van der Waals surface area contributed by atoms with Gasteiger partial charge in [-0.2, -0.15) is 0 Å².